The number of fused-ring (bicyclic) bond motifs is 2. The molecule has 2 bridgehead atoms. The maximum absolute atomic E-state index is 14.0. The normalized spacial score (nSPS) is 31.7. The number of hydrogen-bond acceptors (Lipinski definition) is 3. The zero-order valence-electron chi connectivity index (χ0n) is 23.1. The summed E-state index contributed by atoms with van der Waals surface area (Å²) in [6.45, 7) is 6.92. The fourth-order valence-corrected chi connectivity index (χ4v) is 8.30. The van der Waals surface area contributed by atoms with Crippen LogP contribution in [-0.2, 0) is 11.2 Å². The quantitative estimate of drug-likeness (QED) is 0.345. The number of rotatable bonds is 7. The Morgan fingerprint density at radius 3 is 2.51 bits per heavy atom. The first-order valence-corrected chi connectivity index (χ1v) is 14.8. The van der Waals surface area contributed by atoms with Crippen molar-refractivity contribution >= 4 is 11.6 Å². The van der Waals surface area contributed by atoms with Crippen LogP contribution in [0, 0.1) is 33.9 Å². The lowest BCUT2D eigenvalue weighted by molar-refractivity contribution is -0.117. The Bertz CT molecular complexity index is 1050. The molecule has 4 atom stereocenters. The number of allylic oxidation sites excluding steroid dienone is 1. The van der Waals surface area contributed by atoms with E-state index >= 15 is 0 Å². The van der Waals surface area contributed by atoms with Crippen molar-refractivity contribution in [3.63, 3.8) is 0 Å². The van der Waals surface area contributed by atoms with E-state index in [-0.39, 0.29) is 40.2 Å². The van der Waals surface area contributed by atoms with Crippen LogP contribution in [0.15, 0.2) is 35.5 Å². The lowest BCUT2D eigenvalue weighted by atomic mass is 9.68. The Kier molecular flexibility index (Phi) is 7.53. The summed E-state index contributed by atoms with van der Waals surface area (Å²) in [6.07, 6.45) is 14.1. The van der Waals surface area contributed by atoms with Gasteiger partial charge in [0.05, 0.1) is 0 Å². The van der Waals surface area contributed by atoms with Gasteiger partial charge in [-0.05, 0) is 92.2 Å². The van der Waals surface area contributed by atoms with Crippen molar-refractivity contribution < 1.29 is 9.18 Å². The highest BCUT2D eigenvalue weighted by Gasteiger charge is 2.59. The van der Waals surface area contributed by atoms with Crippen LogP contribution >= 0.6 is 0 Å². The van der Waals surface area contributed by atoms with Crippen molar-refractivity contribution in [2.24, 2.45) is 22.7 Å². The van der Waals surface area contributed by atoms with Crippen molar-refractivity contribution in [2.45, 2.75) is 116 Å². The minimum Gasteiger partial charge on any atom is -0.385 e. The number of nitrogens with one attached hydrogen (secondary N) is 3. The van der Waals surface area contributed by atoms with E-state index in [9.17, 15) is 9.18 Å². The molecule has 4 aliphatic rings. The van der Waals surface area contributed by atoms with Gasteiger partial charge in [0, 0.05) is 29.3 Å². The molecule has 1 aromatic carbocycles. The number of carbonyl (C=O) groups is 1. The molecule has 0 saturated heterocycles. The monoisotopic (exact) mass is 507 g/mol. The zero-order chi connectivity index (χ0) is 26.2. The Balaban J connectivity index is 1.43. The summed E-state index contributed by atoms with van der Waals surface area (Å²) in [5, 5.41) is 16.4. The lowest BCUT2D eigenvalue weighted by Crippen LogP contribution is -2.54. The number of amides is 1. The molecule has 4 aliphatic carbocycles. The number of hydrogen-bond donors (Lipinski definition) is 3. The molecule has 0 aromatic heterocycles. The molecule has 3 unspecified atom stereocenters. The van der Waals surface area contributed by atoms with Crippen molar-refractivity contribution in [1.82, 2.24) is 10.6 Å². The van der Waals surface area contributed by atoms with Gasteiger partial charge >= 0.3 is 0 Å². The standard InChI is InChI=1S/C32H46FN3O/c1-31(2)23-16-17-32(3,20-23)30(31)36-29(37)27(34)26-15-8-7-11-22(18-21-10-9-12-24(33)19-21)28(26)35-25-13-5-4-6-14-25/h9-10,12,19,22-23,25,30,34-35H,4-8,11,13-18,20H2,1-3H3,(H,36,37)/t22?,23?,30-,32?/m1/s1. The molecular weight excluding hydrogens is 461 g/mol. The minimum atomic E-state index is -0.212. The first-order valence-electron chi connectivity index (χ1n) is 14.8. The molecule has 3 saturated carbocycles. The van der Waals surface area contributed by atoms with Gasteiger partial charge in [-0.2, -0.15) is 0 Å². The highest BCUT2D eigenvalue weighted by molar-refractivity contribution is 6.44. The van der Waals surface area contributed by atoms with Crippen molar-refractivity contribution in [3.05, 3.63) is 46.9 Å². The van der Waals surface area contributed by atoms with Gasteiger partial charge in [-0.1, -0.05) is 58.6 Å². The summed E-state index contributed by atoms with van der Waals surface area (Å²) in [6, 6.07) is 7.42. The summed E-state index contributed by atoms with van der Waals surface area (Å²) in [5.74, 6) is 0.404. The third-order valence-electron chi connectivity index (χ3n) is 10.4. The number of halogens is 1. The maximum atomic E-state index is 14.0. The fraction of sp³-hybridized carbons (Fsp3) is 0.688. The highest BCUT2D eigenvalue weighted by Crippen LogP contribution is 2.62. The zero-order valence-corrected chi connectivity index (χ0v) is 23.1. The molecule has 3 fully saturated rings. The van der Waals surface area contributed by atoms with Gasteiger partial charge in [-0.3, -0.25) is 10.2 Å². The molecule has 202 valence electrons. The number of benzene rings is 1. The van der Waals surface area contributed by atoms with Crippen molar-refractivity contribution in [2.75, 3.05) is 0 Å². The molecule has 1 aromatic rings. The first-order chi connectivity index (χ1) is 17.7. The summed E-state index contributed by atoms with van der Waals surface area (Å²) in [7, 11) is 0. The van der Waals surface area contributed by atoms with Gasteiger partial charge in [0.2, 0.25) is 0 Å². The van der Waals surface area contributed by atoms with Crippen LogP contribution in [0.2, 0.25) is 0 Å². The summed E-state index contributed by atoms with van der Waals surface area (Å²) >= 11 is 0. The van der Waals surface area contributed by atoms with Crippen LogP contribution < -0.4 is 10.6 Å². The van der Waals surface area contributed by atoms with Gasteiger partial charge < -0.3 is 10.6 Å². The predicted molar refractivity (Wildman–Crippen MR) is 148 cm³/mol. The molecule has 4 nitrogen and oxygen atoms in total. The second-order valence-electron chi connectivity index (χ2n) is 13.3. The van der Waals surface area contributed by atoms with Crippen molar-refractivity contribution in [3.8, 4) is 0 Å². The van der Waals surface area contributed by atoms with Crippen LogP contribution in [0.1, 0.15) is 103 Å². The van der Waals surface area contributed by atoms with E-state index in [4.69, 9.17) is 5.41 Å². The average Bonchev–Trinajstić information content (AvgIpc) is 3.27. The van der Waals surface area contributed by atoms with Crippen LogP contribution in [-0.4, -0.2) is 23.7 Å². The minimum absolute atomic E-state index is 0.0594. The van der Waals surface area contributed by atoms with Gasteiger partial charge in [0.25, 0.3) is 5.91 Å². The summed E-state index contributed by atoms with van der Waals surface area (Å²) in [4.78, 5) is 13.7. The largest absolute Gasteiger partial charge is 0.385 e. The molecular formula is C32H46FN3O. The van der Waals surface area contributed by atoms with Gasteiger partial charge in [-0.15, -0.1) is 0 Å². The van der Waals surface area contributed by atoms with E-state index in [1.54, 1.807) is 12.1 Å². The molecule has 0 heterocycles. The van der Waals surface area contributed by atoms with E-state index in [1.807, 2.05) is 6.07 Å². The van der Waals surface area contributed by atoms with Crippen molar-refractivity contribution in [1.29, 1.82) is 5.41 Å². The Hall–Kier alpha value is -2.17. The molecule has 1 amide bonds. The van der Waals surface area contributed by atoms with Crippen LogP contribution in [0.4, 0.5) is 4.39 Å². The first kappa shape index (κ1) is 26.4. The molecule has 5 rings (SSSR count). The lowest BCUT2D eigenvalue weighted by Gasteiger charge is -2.43. The van der Waals surface area contributed by atoms with Crippen LogP contribution in [0.25, 0.3) is 0 Å². The fourth-order valence-electron chi connectivity index (χ4n) is 8.30. The molecule has 0 aliphatic heterocycles. The Morgan fingerprint density at radius 2 is 1.81 bits per heavy atom. The van der Waals surface area contributed by atoms with Crippen LogP contribution in [0.3, 0.4) is 0 Å². The topological polar surface area (TPSA) is 65.0 Å². The molecule has 5 heteroatoms. The van der Waals surface area contributed by atoms with E-state index in [0.29, 0.717) is 12.0 Å². The van der Waals surface area contributed by atoms with Crippen LogP contribution in [0.5, 0.6) is 0 Å². The molecule has 3 N–H and O–H groups in total. The van der Waals surface area contributed by atoms with E-state index in [0.717, 1.165) is 68.2 Å². The maximum Gasteiger partial charge on any atom is 0.269 e. The van der Waals surface area contributed by atoms with E-state index < -0.39 is 0 Å². The third-order valence-corrected chi connectivity index (χ3v) is 10.4. The summed E-state index contributed by atoms with van der Waals surface area (Å²) in [5.41, 5.74) is 3.31. The van der Waals surface area contributed by atoms with E-state index in [2.05, 4.69) is 31.4 Å². The SMILES string of the molecule is CC12CCC(C1)C(C)(C)[C@H]2NC(=O)C(=N)C1=C(NC2CCCCC2)C(Cc2cccc(F)c2)CCCC1. The second-order valence-corrected chi connectivity index (χ2v) is 13.3. The Labute approximate surface area is 222 Å². The summed E-state index contributed by atoms with van der Waals surface area (Å²) < 4.78 is 14.0. The van der Waals surface area contributed by atoms with Gasteiger partial charge in [0.15, 0.2) is 0 Å². The Morgan fingerprint density at radius 1 is 1.05 bits per heavy atom. The second kappa shape index (κ2) is 10.5. The van der Waals surface area contributed by atoms with Gasteiger partial charge in [0.1, 0.15) is 11.5 Å². The third kappa shape index (κ3) is 5.38. The predicted octanol–water partition coefficient (Wildman–Crippen LogP) is 7.09. The van der Waals surface area contributed by atoms with Gasteiger partial charge in [-0.25, -0.2) is 4.39 Å². The molecule has 37 heavy (non-hydrogen) atoms. The van der Waals surface area contributed by atoms with E-state index in [1.165, 1.54) is 38.2 Å². The molecule has 0 radical (unpaired) electrons. The number of carbonyl (C=O) groups excluding carboxylic acids is 1. The molecule has 0 spiro atoms. The average molecular weight is 508 g/mol. The highest BCUT2D eigenvalue weighted by atomic mass is 19.1. The smallest absolute Gasteiger partial charge is 0.269 e.